The Kier molecular flexibility index (Phi) is 6.32. The monoisotopic (exact) mass is 383 g/mol. The number of urea groups is 1. The fourth-order valence-corrected chi connectivity index (χ4v) is 3.03. The molecule has 0 heterocycles. The second-order valence-electron chi connectivity index (χ2n) is 5.81. The molecule has 1 saturated carbocycles. The van der Waals surface area contributed by atoms with E-state index in [1.54, 1.807) is 6.92 Å². The van der Waals surface area contributed by atoms with E-state index >= 15 is 0 Å². The molecule has 3 amide bonds. The van der Waals surface area contributed by atoms with Crippen LogP contribution < -0.4 is 15.4 Å². The van der Waals surface area contributed by atoms with Gasteiger partial charge in [-0.2, -0.15) is 0 Å². The van der Waals surface area contributed by atoms with E-state index in [9.17, 15) is 22.8 Å². The van der Waals surface area contributed by atoms with Gasteiger partial charge in [0, 0.05) is 12.6 Å². The maximum atomic E-state index is 12.1. The molecule has 9 nitrogen and oxygen atoms in total. The molecule has 1 aliphatic rings. The molecule has 0 saturated heterocycles. The lowest BCUT2D eigenvalue weighted by Crippen LogP contribution is -2.45. The first kappa shape index (κ1) is 19.9. The van der Waals surface area contributed by atoms with Crippen LogP contribution in [-0.2, 0) is 19.6 Å². The number of carbonyl (C=O) groups excluding carboxylic acids is 3. The second-order valence-corrected chi connectivity index (χ2v) is 7.58. The maximum absolute atomic E-state index is 12.1. The Morgan fingerprint density at radius 1 is 1.19 bits per heavy atom. The Balaban J connectivity index is 1.91. The lowest BCUT2D eigenvalue weighted by Gasteiger charge is -2.13. The number of amides is 3. The van der Waals surface area contributed by atoms with Gasteiger partial charge >= 0.3 is 12.0 Å². The highest BCUT2D eigenvalue weighted by Crippen LogP contribution is 2.18. The van der Waals surface area contributed by atoms with Gasteiger partial charge in [0.05, 0.1) is 10.5 Å². The molecule has 1 aliphatic carbocycles. The summed E-state index contributed by atoms with van der Waals surface area (Å²) in [6.45, 7) is 3.23. The van der Waals surface area contributed by atoms with Gasteiger partial charge in [-0.05, 0) is 44.0 Å². The number of rotatable bonds is 7. The molecular formula is C16H21N3O6S. The zero-order valence-corrected chi connectivity index (χ0v) is 15.3. The van der Waals surface area contributed by atoms with Crippen molar-refractivity contribution < 1.29 is 27.5 Å². The highest BCUT2D eigenvalue weighted by atomic mass is 32.2. The van der Waals surface area contributed by atoms with E-state index in [1.807, 2.05) is 0 Å². The predicted octanol–water partition coefficient (Wildman–Crippen LogP) is 0.518. The average Bonchev–Trinajstić information content (AvgIpc) is 3.38. The SMILES string of the molecule is CCNS(=O)(=O)c1ccc(C(=O)OC(C)C(=O)NC(=O)NC2CC2)cc1. The van der Waals surface area contributed by atoms with Crippen molar-refractivity contribution in [2.45, 2.75) is 43.7 Å². The first-order valence-corrected chi connectivity index (χ1v) is 9.63. The summed E-state index contributed by atoms with van der Waals surface area (Å²) in [5.41, 5.74) is 0.0857. The van der Waals surface area contributed by atoms with Crippen LogP contribution in [0.15, 0.2) is 29.2 Å². The third-order valence-corrected chi connectivity index (χ3v) is 5.10. The van der Waals surface area contributed by atoms with E-state index < -0.39 is 34.0 Å². The number of nitrogens with one attached hydrogen (secondary N) is 3. The Bertz CT molecular complexity index is 787. The highest BCUT2D eigenvalue weighted by molar-refractivity contribution is 7.89. The summed E-state index contributed by atoms with van der Waals surface area (Å²) in [5.74, 6) is -1.55. The van der Waals surface area contributed by atoms with E-state index in [1.165, 1.54) is 31.2 Å². The minimum Gasteiger partial charge on any atom is -0.449 e. The van der Waals surface area contributed by atoms with Crippen LogP contribution in [0.5, 0.6) is 0 Å². The molecule has 3 N–H and O–H groups in total. The standard InChI is InChI=1S/C16H21N3O6S/c1-3-17-26(23,24)13-8-4-11(5-9-13)15(21)25-10(2)14(20)19-16(22)18-12-6-7-12/h4-5,8-10,12,17H,3,6-7H2,1-2H3,(H2,18,19,20,22). The summed E-state index contributed by atoms with van der Waals surface area (Å²) in [6, 6.07) is 4.58. The van der Waals surface area contributed by atoms with Crippen LogP contribution in [0.3, 0.4) is 0 Å². The first-order valence-electron chi connectivity index (χ1n) is 8.15. The number of esters is 1. The molecule has 2 rings (SSSR count). The van der Waals surface area contributed by atoms with Crippen molar-refractivity contribution >= 4 is 27.9 Å². The molecule has 0 aromatic heterocycles. The molecule has 26 heavy (non-hydrogen) atoms. The summed E-state index contributed by atoms with van der Waals surface area (Å²) in [5, 5.41) is 4.68. The molecule has 0 aliphatic heterocycles. The number of benzene rings is 1. The van der Waals surface area contributed by atoms with Crippen LogP contribution in [0, 0.1) is 0 Å². The summed E-state index contributed by atoms with van der Waals surface area (Å²) in [6.07, 6.45) is 0.578. The van der Waals surface area contributed by atoms with Crippen molar-refractivity contribution in [1.82, 2.24) is 15.4 Å². The van der Waals surface area contributed by atoms with Gasteiger partial charge in [-0.3, -0.25) is 10.1 Å². The first-order chi connectivity index (χ1) is 12.2. The highest BCUT2D eigenvalue weighted by Gasteiger charge is 2.26. The number of imide groups is 1. The fourth-order valence-electron chi connectivity index (χ4n) is 1.99. The van der Waals surface area contributed by atoms with Gasteiger partial charge in [-0.1, -0.05) is 6.92 Å². The van der Waals surface area contributed by atoms with Crippen molar-refractivity contribution in [2.75, 3.05) is 6.54 Å². The molecule has 0 radical (unpaired) electrons. The van der Waals surface area contributed by atoms with Crippen LogP contribution in [0.25, 0.3) is 0 Å². The topological polar surface area (TPSA) is 131 Å². The van der Waals surface area contributed by atoms with Crippen molar-refractivity contribution in [3.05, 3.63) is 29.8 Å². The van der Waals surface area contributed by atoms with E-state index in [-0.39, 0.29) is 23.0 Å². The van der Waals surface area contributed by atoms with Gasteiger partial charge in [0.25, 0.3) is 5.91 Å². The summed E-state index contributed by atoms with van der Waals surface area (Å²) in [4.78, 5) is 35.4. The maximum Gasteiger partial charge on any atom is 0.338 e. The molecule has 142 valence electrons. The molecule has 10 heteroatoms. The third kappa shape index (κ3) is 5.53. The van der Waals surface area contributed by atoms with E-state index in [0.717, 1.165) is 12.8 Å². The molecule has 0 spiro atoms. The molecule has 1 aromatic rings. The molecule has 1 aromatic carbocycles. The number of hydrogen-bond acceptors (Lipinski definition) is 6. The largest absolute Gasteiger partial charge is 0.449 e. The summed E-state index contributed by atoms with van der Waals surface area (Å²) < 4.78 is 31.0. The number of hydrogen-bond donors (Lipinski definition) is 3. The van der Waals surface area contributed by atoms with Crippen molar-refractivity contribution in [2.24, 2.45) is 0 Å². The van der Waals surface area contributed by atoms with Gasteiger partial charge in [-0.25, -0.2) is 22.7 Å². The smallest absolute Gasteiger partial charge is 0.338 e. The molecule has 1 unspecified atom stereocenters. The lowest BCUT2D eigenvalue weighted by atomic mass is 10.2. The predicted molar refractivity (Wildman–Crippen MR) is 91.9 cm³/mol. The van der Waals surface area contributed by atoms with Gasteiger partial charge in [0.2, 0.25) is 10.0 Å². The Morgan fingerprint density at radius 3 is 2.35 bits per heavy atom. The Morgan fingerprint density at radius 2 is 1.81 bits per heavy atom. The number of carbonyl (C=O) groups is 3. The summed E-state index contributed by atoms with van der Waals surface area (Å²) in [7, 11) is -3.62. The lowest BCUT2D eigenvalue weighted by molar-refractivity contribution is -0.127. The second kappa shape index (κ2) is 8.28. The van der Waals surface area contributed by atoms with Gasteiger partial charge < -0.3 is 10.1 Å². The zero-order chi connectivity index (χ0) is 19.3. The molecular weight excluding hydrogens is 362 g/mol. The van der Waals surface area contributed by atoms with Crippen LogP contribution in [0.2, 0.25) is 0 Å². The van der Waals surface area contributed by atoms with Crippen molar-refractivity contribution in [3.63, 3.8) is 0 Å². The summed E-state index contributed by atoms with van der Waals surface area (Å²) >= 11 is 0. The van der Waals surface area contributed by atoms with Gasteiger partial charge in [-0.15, -0.1) is 0 Å². The molecule has 0 bridgehead atoms. The molecule has 1 atom stereocenters. The number of ether oxygens (including phenoxy) is 1. The van der Waals surface area contributed by atoms with Crippen molar-refractivity contribution in [3.8, 4) is 0 Å². The van der Waals surface area contributed by atoms with Crippen molar-refractivity contribution in [1.29, 1.82) is 0 Å². The normalized spacial score (nSPS) is 15.0. The van der Waals surface area contributed by atoms with Crippen LogP contribution in [0.1, 0.15) is 37.0 Å². The molecule has 1 fully saturated rings. The van der Waals surface area contributed by atoms with E-state index in [2.05, 4.69) is 15.4 Å². The zero-order valence-electron chi connectivity index (χ0n) is 14.4. The van der Waals surface area contributed by atoms with Gasteiger partial charge in [0.15, 0.2) is 6.10 Å². The minimum atomic E-state index is -3.62. The Hall–Kier alpha value is -2.46. The van der Waals surface area contributed by atoms with Crippen LogP contribution in [0.4, 0.5) is 4.79 Å². The quantitative estimate of drug-likeness (QED) is 0.588. The van der Waals surface area contributed by atoms with Gasteiger partial charge in [0.1, 0.15) is 0 Å². The van der Waals surface area contributed by atoms with E-state index in [4.69, 9.17) is 4.74 Å². The number of sulfonamides is 1. The minimum absolute atomic E-state index is 0.0124. The fraction of sp³-hybridized carbons (Fsp3) is 0.438. The van der Waals surface area contributed by atoms with Crippen LogP contribution >= 0.6 is 0 Å². The van der Waals surface area contributed by atoms with E-state index in [0.29, 0.717) is 0 Å². The third-order valence-electron chi connectivity index (χ3n) is 3.54. The Labute approximate surface area is 151 Å². The average molecular weight is 383 g/mol. The van der Waals surface area contributed by atoms with Crippen LogP contribution in [-0.4, -0.2) is 45.0 Å².